The standard InChI is InChI=1S/C9H12ClNO2/c1-7(12)4-5-13-8-2-3-9(10)11-6-8/h2-3,6-7,12H,4-5H2,1H3. The number of aliphatic hydroxyl groups excluding tert-OH is 1. The molecule has 0 aliphatic rings. The second-order valence-electron chi connectivity index (χ2n) is 2.80. The van der Waals surface area contributed by atoms with Gasteiger partial charge in [0.25, 0.3) is 0 Å². The average Bonchev–Trinajstić information content (AvgIpc) is 2.08. The molecule has 0 saturated carbocycles. The molecule has 72 valence electrons. The summed E-state index contributed by atoms with van der Waals surface area (Å²) in [6, 6.07) is 3.41. The number of halogens is 1. The van der Waals surface area contributed by atoms with E-state index in [-0.39, 0.29) is 6.10 Å². The quantitative estimate of drug-likeness (QED) is 0.757. The first kappa shape index (κ1) is 10.3. The van der Waals surface area contributed by atoms with Crippen molar-refractivity contribution in [3.05, 3.63) is 23.5 Å². The van der Waals surface area contributed by atoms with E-state index in [0.717, 1.165) is 0 Å². The van der Waals surface area contributed by atoms with Crippen LogP contribution in [0.25, 0.3) is 0 Å². The van der Waals surface area contributed by atoms with Gasteiger partial charge >= 0.3 is 0 Å². The van der Waals surface area contributed by atoms with E-state index in [1.54, 1.807) is 25.3 Å². The van der Waals surface area contributed by atoms with Gasteiger partial charge in [-0.15, -0.1) is 0 Å². The maximum atomic E-state index is 8.96. The van der Waals surface area contributed by atoms with Gasteiger partial charge in [0.15, 0.2) is 0 Å². The maximum absolute atomic E-state index is 8.96. The van der Waals surface area contributed by atoms with E-state index >= 15 is 0 Å². The molecule has 4 heteroatoms. The van der Waals surface area contributed by atoms with Gasteiger partial charge in [-0.3, -0.25) is 0 Å². The first-order valence-electron chi connectivity index (χ1n) is 4.11. The molecule has 0 aliphatic carbocycles. The van der Waals surface area contributed by atoms with E-state index in [1.807, 2.05) is 0 Å². The Morgan fingerprint density at radius 1 is 1.62 bits per heavy atom. The summed E-state index contributed by atoms with van der Waals surface area (Å²) in [5.74, 6) is 0.671. The molecule has 1 aromatic heterocycles. The van der Waals surface area contributed by atoms with Gasteiger partial charge in [-0.05, 0) is 19.1 Å². The van der Waals surface area contributed by atoms with Crippen LogP contribution in [-0.4, -0.2) is 22.8 Å². The largest absolute Gasteiger partial charge is 0.492 e. The Labute approximate surface area is 82.3 Å². The van der Waals surface area contributed by atoms with Crippen molar-refractivity contribution < 1.29 is 9.84 Å². The highest BCUT2D eigenvalue weighted by atomic mass is 35.5. The molecule has 3 nitrogen and oxygen atoms in total. The Balaban J connectivity index is 2.33. The number of hydrogen-bond acceptors (Lipinski definition) is 3. The molecule has 0 saturated heterocycles. The fourth-order valence-corrected chi connectivity index (χ4v) is 0.907. The minimum absolute atomic E-state index is 0.333. The minimum Gasteiger partial charge on any atom is -0.492 e. The third kappa shape index (κ3) is 4.10. The Hall–Kier alpha value is -0.800. The fourth-order valence-electron chi connectivity index (χ4n) is 0.795. The number of aliphatic hydroxyl groups is 1. The number of aromatic nitrogens is 1. The van der Waals surface area contributed by atoms with Crippen LogP contribution >= 0.6 is 11.6 Å². The zero-order chi connectivity index (χ0) is 9.68. The van der Waals surface area contributed by atoms with Crippen LogP contribution in [0.4, 0.5) is 0 Å². The molecule has 1 heterocycles. The Morgan fingerprint density at radius 2 is 2.38 bits per heavy atom. The summed E-state index contributed by atoms with van der Waals surface area (Å²) in [4.78, 5) is 3.85. The van der Waals surface area contributed by atoms with Crippen LogP contribution < -0.4 is 4.74 Å². The molecule has 0 aliphatic heterocycles. The van der Waals surface area contributed by atoms with Crippen molar-refractivity contribution in [2.45, 2.75) is 19.4 Å². The van der Waals surface area contributed by atoms with E-state index in [1.165, 1.54) is 0 Å². The van der Waals surface area contributed by atoms with Crippen molar-refractivity contribution in [3.63, 3.8) is 0 Å². The summed E-state index contributed by atoms with van der Waals surface area (Å²) in [6.45, 7) is 2.21. The number of pyridine rings is 1. The lowest BCUT2D eigenvalue weighted by atomic mass is 10.3. The molecule has 1 aromatic rings. The van der Waals surface area contributed by atoms with Gasteiger partial charge in [-0.1, -0.05) is 11.6 Å². The predicted octanol–water partition coefficient (Wildman–Crippen LogP) is 1.88. The number of rotatable bonds is 4. The van der Waals surface area contributed by atoms with Crippen molar-refractivity contribution in [2.24, 2.45) is 0 Å². The van der Waals surface area contributed by atoms with Crippen molar-refractivity contribution in [3.8, 4) is 5.75 Å². The Bertz CT molecular complexity index is 248. The van der Waals surface area contributed by atoms with Crippen LogP contribution in [0, 0.1) is 0 Å². The Morgan fingerprint density at radius 3 is 2.92 bits per heavy atom. The van der Waals surface area contributed by atoms with E-state index in [2.05, 4.69) is 4.98 Å². The van der Waals surface area contributed by atoms with Crippen LogP contribution in [0.2, 0.25) is 5.15 Å². The third-order valence-electron chi connectivity index (χ3n) is 1.50. The van der Waals surface area contributed by atoms with Gasteiger partial charge in [-0.2, -0.15) is 0 Å². The number of hydrogen-bond donors (Lipinski definition) is 1. The second kappa shape index (κ2) is 5.04. The van der Waals surface area contributed by atoms with Gasteiger partial charge in [0.2, 0.25) is 0 Å². The Kier molecular flexibility index (Phi) is 3.99. The highest BCUT2D eigenvalue weighted by Crippen LogP contribution is 2.12. The molecule has 0 fully saturated rings. The molecular weight excluding hydrogens is 190 g/mol. The summed E-state index contributed by atoms with van der Waals surface area (Å²) in [6.07, 6.45) is 1.84. The molecule has 0 amide bonds. The SMILES string of the molecule is CC(O)CCOc1ccc(Cl)nc1. The zero-order valence-corrected chi connectivity index (χ0v) is 8.16. The number of ether oxygens (including phenoxy) is 1. The molecule has 1 unspecified atom stereocenters. The lowest BCUT2D eigenvalue weighted by Crippen LogP contribution is -2.07. The van der Waals surface area contributed by atoms with Gasteiger partial charge in [0.1, 0.15) is 10.9 Å². The topological polar surface area (TPSA) is 42.4 Å². The molecule has 0 aromatic carbocycles. The first-order valence-corrected chi connectivity index (χ1v) is 4.48. The van der Waals surface area contributed by atoms with E-state index in [0.29, 0.717) is 23.9 Å². The van der Waals surface area contributed by atoms with Crippen molar-refractivity contribution in [1.82, 2.24) is 4.98 Å². The molecule has 0 spiro atoms. The van der Waals surface area contributed by atoms with Crippen molar-refractivity contribution in [1.29, 1.82) is 0 Å². The molecule has 0 bridgehead atoms. The highest BCUT2D eigenvalue weighted by Gasteiger charge is 1.97. The van der Waals surface area contributed by atoms with Crippen LogP contribution in [-0.2, 0) is 0 Å². The molecule has 0 radical (unpaired) electrons. The molecule has 1 atom stereocenters. The molecule has 13 heavy (non-hydrogen) atoms. The van der Waals surface area contributed by atoms with E-state index < -0.39 is 0 Å². The number of nitrogens with zero attached hydrogens (tertiary/aromatic N) is 1. The highest BCUT2D eigenvalue weighted by molar-refractivity contribution is 6.29. The van der Waals surface area contributed by atoms with Gasteiger partial charge < -0.3 is 9.84 Å². The van der Waals surface area contributed by atoms with Gasteiger partial charge in [0.05, 0.1) is 18.9 Å². The average molecular weight is 202 g/mol. The fraction of sp³-hybridized carbons (Fsp3) is 0.444. The lowest BCUT2D eigenvalue weighted by Gasteiger charge is -2.06. The summed E-state index contributed by atoms with van der Waals surface area (Å²) < 4.78 is 5.29. The van der Waals surface area contributed by atoms with Gasteiger partial charge in [-0.25, -0.2) is 4.98 Å². The van der Waals surface area contributed by atoms with E-state index in [4.69, 9.17) is 21.4 Å². The van der Waals surface area contributed by atoms with Crippen molar-refractivity contribution in [2.75, 3.05) is 6.61 Å². The van der Waals surface area contributed by atoms with E-state index in [9.17, 15) is 0 Å². The molecular formula is C9H12ClNO2. The van der Waals surface area contributed by atoms with Crippen molar-refractivity contribution >= 4 is 11.6 Å². The predicted molar refractivity (Wildman–Crippen MR) is 51.0 cm³/mol. The lowest BCUT2D eigenvalue weighted by molar-refractivity contribution is 0.155. The monoisotopic (exact) mass is 201 g/mol. The molecule has 1 rings (SSSR count). The summed E-state index contributed by atoms with van der Waals surface area (Å²) in [7, 11) is 0. The minimum atomic E-state index is -0.333. The van der Waals surface area contributed by atoms with Crippen LogP contribution in [0.1, 0.15) is 13.3 Å². The van der Waals surface area contributed by atoms with Crippen LogP contribution in [0.3, 0.4) is 0 Å². The molecule has 1 N–H and O–H groups in total. The first-order chi connectivity index (χ1) is 6.18. The van der Waals surface area contributed by atoms with Crippen LogP contribution in [0.15, 0.2) is 18.3 Å². The second-order valence-corrected chi connectivity index (χ2v) is 3.19. The van der Waals surface area contributed by atoms with Gasteiger partial charge in [0, 0.05) is 6.42 Å². The smallest absolute Gasteiger partial charge is 0.137 e. The van der Waals surface area contributed by atoms with Crippen LogP contribution in [0.5, 0.6) is 5.75 Å². The third-order valence-corrected chi connectivity index (χ3v) is 1.73. The normalized spacial score (nSPS) is 12.5. The summed E-state index contributed by atoms with van der Waals surface area (Å²) >= 11 is 5.59. The summed E-state index contributed by atoms with van der Waals surface area (Å²) in [5.41, 5.74) is 0. The summed E-state index contributed by atoms with van der Waals surface area (Å²) in [5, 5.41) is 9.40. The maximum Gasteiger partial charge on any atom is 0.137 e. The zero-order valence-electron chi connectivity index (χ0n) is 7.40.